The summed E-state index contributed by atoms with van der Waals surface area (Å²) in [6.45, 7) is 0.549. The number of ether oxygens (including phenoxy) is 1. The smallest absolute Gasteiger partial charge is 0.408 e. The van der Waals surface area contributed by atoms with Gasteiger partial charge >= 0.3 is 6.09 Å². The fourth-order valence-corrected chi connectivity index (χ4v) is 2.73. The minimum atomic E-state index is -1.09. The molecule has 0 unspecified atom stereocenters. The van der Waals surface area contributed by atoms with Crippen molar-refractivity contribution in [3.8, 4) is 5.75 Å². The van der Waals surface area contributed by atoms with Gasteiger partial charge in [0.2, 0.25) is 0 Å². The standard InChI is InChI=1S/C18H18N2O4/c1-24-15-9-7-14(8-10-15)19-12-16(17(19)21)20(18(22)23)11-13-5-3-2-4-6-13/h2-10,16H,11-12H2,1H3,(H,22,23)/t16-/m1/s1. The van der Waals surface area contributed by atoms with Crippen LogP contribution in [0.4, 0.5) is 10.5 Å². The zero-order valence-electron chi connectivity index (χ0n) is 13.3. The van der Waals surface area contributed by atoms with Gasteiger partial charge in [-0.3, -0.25) is 9.69 Å². The number of β-lactam (4-membered cyclic amide) rings is 1. The van der Waals surface area contributed by atoms with Crippen LogP contribution in [0.5, 0.6) is 5.75 Å². The third kappa shape index (κ3) is 3.03. The van der Waals surface area contributed by atoms with E-state index in [0.717, 1.165) is 11.3 Å². The van der Waals surface area contributed by atoms with E-state index >= 15 is 0 Å². The molecule has 124 valence electrons. The molecular formula is C18H18N2O4. The van der Waals surface area contributed by atoms with Crippen molar-refractivity contribution in [1.29, 1.82) is 0 Å². The van der Waals surface area contributed by atoms with Crippen molar-refractivity contribution < 1.29 is 19.4 Å². The first-order chi connectivity index (χ1) is 11.6. The Hall–Kier alpha value is -3.02. The van der Waals surface area contributed by atoms with Crippen molar-refractivity contribution in [2.24, 2.45) is 0 Å². The zero-order valence-corrected chi connectivity index (χ0v) is 13.3. The molecule has 1 aliphatic heterocycles. The molecule has 2 aromatic carbocycles. The van der Waals surface area contributed by atoms with Crippen LogP contribution in [0, 0.1) is 0 Å². The summed E-state index contributed by atoms with van der Waals surface area (Å²) < 4.78 is 5.10. The van der Waals surface area contributed by atoms with Gasteiger partial charge in [0.05, 0.1) is 13.7 Å². The molecule has 2 aromatic rings. The zero-order chi connectivity index (χ0) is 17.1. The maximum Gasteiger partial charge on any atom is 0.408 e. The van der Waals surface area contributed by atoms with Gasteiger partial charge < -0.3 is 14.7 Å². The number of amides is 2. The third-order valence-corrected chi connectivity index (χ3v) is 4.11. The number of benzene rings is 2. The molecule has 0 saturated carbocycles. The summed E-state index contributed by atoms with van der Waals surface area (Å²) in [4.78, 5) is 26.8. The summed E-state index contributed by atoms with van der Waals surface area (Å²) in [5, 5.41) is 9.45. The number of rotatable bonds is 5. The molecule has 1 atom stereocenters. The molecule has 0 radical (unpaired) electrons. The average Bonchev–Trinajstić information content (AvgIpc) is 2.61. The predicted molar refractivity (Wildman–Crippen MR) is 89.1 cm³/mol. The molecule has 0 bridgehead atoms. The lowest BCUT2D eigenvalue weighted by molar-refractivity contribution is -0.128. The van der Waals surface area contributed by atoms with Crippen LogP contribution < -0.4 is 9.64 Å². The number of carbonyl (C=O) groups is 2. The number of hydrogen-bond donors (Lipinski definition) is 1. The predicted octanol–water partition coefficient (Wildman–Crippen LogP) is 2.59. The number of methoxy groups -OCH3 is 1. The highest BCUT2D eigenvalue weighted by Gasteiger charge is 2.43. The van der Waals surface area contributed by atoms with Crippen molar-refractivity contribution in [3.63, 3.8) is 0 Å². The number of anilines is 1. The van der Waals surface area contributed by atoms with Crippen LogP contribution in [-0.4, -0.2) is 41.7 Å². The second-order valence-corrected chi connectivity index (χ2v) is 5.56. The minimum Gasteiger partial charge on any atom is -0.497 e. The van der Waals surface area contributed by atoms with E-state index in [1.165, 1.54) is 4.90 Å². The van der Waals surface area contributed by atoms with Crippen molar-refractivity contribution in [2.45, 2.75) is 12.6 Å². The van der Waals surface area contributed by atoms with Crippen molar-refractivity contribution >= 4 is 17.7 Å². The molecule has 0 spiro atoms. The summed E-state index contributed by atoms with van der Waals surface area (Å²) in [5.74, 6) is 0.498. The van der Waals surface area contributed by atoms with E-state index in [1.807, 2.05) is 30.3 Å². The molecule has 6 heteroatoms. The molecular weight excluding hydrogens is 308 g/mol. The second-order valence-electron chi connectivity index (χ2n) is 5.56. The van der Waals surface area contributed by atoms with Gasteiger partial charge in [-0.2, -0.15) is 0 Å². The minimum absolute atomic E-state index is 0.197. The fraction of sp³-hybridized carbons (Fsp3) is 0.222. The maximum absolute atomic E-state index is 12.4. The second kappa shape index (κ2) is 6.62. The molecule has 1 N–H and O–H groups in total. The Morgan fingerprint density at radius 3 is 2.42 bits per heavy atom. The Balaban J connectivity index is 1.70. The van der Waals surface area contributed by atoms with E-state index in [4.69, 9.17) is 4.74 Å². The van der Waals surface area contributed by atoms with Gasteiger partial charge in [0.25, 0.3) is 5.91 Å². The van der Waals surface area contributed by atoms with E-state index in [9.17, 15) is 14.7 Å². The van der Waals surface area contributed by atoms with E-state index in [-0.39, 0.29) is 12.5 Å². The summed E-state index contributed by atoms with van der Waals surface area (Å²) in [7, 11) is 1.58. The molecule has 1 aliphatic rings. The van der Waals surface area contributed by atoms with Crippen LogP contribution in [0.25, 0.3) is 0 Å². The van der Waals surface area contributed by atoms with Gasteiger partial charge in [-0.05, 0) is 29.8 Å². The Morgan fingerprint density at radius 2 is 1.88 bits per heavy atom. The van der Waals surface area contributed by atoms with Gasteiger partial charge in [-0.15, -0.1) is 0 Å². The van der Waals surface area contributed by atoms with Crippen LogP contribution in [0.3, 0.4) is 0 Å². The van der Waals surface area contributed by atoms with Crippen LogP contribution in [0.1, 0.15) is 5.56 Å². The fourth-order valence-electron chi connectivity index (χ4n) is 2.73. The van der Waals surface area contributed by atoms with E-state index in [1.54, 1.807) is 36.3 Å². The largest absolute Gasteiger partial charge is 0.497 e. The van der Waals surface area contributed by atoms with Crippen molar-refractivity contribution in [2.75, 3.05) is 18.6 Å². The lowest BCUT2D eigenvalue weighted by Gasteiger charge is -2.43. The molecule has 1 saturated heterocycles. The topological polar surface area (TPSA) is 70.1 Å². The SMILES string of the molecule is COc1ccc(N2C[C@@H](N(Cc3ccccc3)C(=O)O)C2=O)cc1. The first-order valence-corrected chi connectivity index (χ1v) is 7.59. The number of nitrogens with zero attached hydrogens (tertiary/aromatic N) is 2. The van der Waals surface area contributed by atoms with E-state index < -0.39 is 12.1 Å². The highest BCUT2D eigenvalue weighted by atomic mass is 16.5. The molecule has 24 heavy (non-hydrogen) atoms. The third-order valence-electron chi connectivity index (χ3n) is 4.11. The molecule has 0 aliphatic carbocycles. The first-order valence-electron chi connectivity index (χ1n) is 7.59. The summed E-state index contributed by atoms with van der Waals surface area (Å²) in [5.41, 5.74) is 1.60. The maximum atomic E-state index is 12.4. The molecule has 0 aromatic heterocycles. The average molecular weight is 326 g/mol. The first kappa shape index (κ1) is 15.9. The van der Waals surface area contributed by atoms with Crippen LogP contribution >= 0.6 is 0 Å². The van der Waals surface area contributed by atoms with Gasteiger partial charge in [-0.1, -0.05) is 30.3 Å². The van der Waals surface area contributed by atoms with Crippen molar-refractivity contribution in [1.82, 2.24) is 4.90 Å². The monoisotopic (exact) mass is 326 g/mol. The molecule has 6 nitrogen and oxygen atoms in total. The van der Waals surface area contributed by atoms with E-state index in [2.05, 4.69) is 0 Å². The lowest BCUT2D eigenvalue weighted by atomic mass is 10.0. The Kier molecular flexibility index (Phi) is 4.37. The lowest BCUT2D eigenvalue weighted by Crippen LogP contribution is -2.65. The van der Waals surface area contributed by atoms with Gasteiger partial charge in [0.15, 0.2) is 0 Å². The quantitative estimate of drug-likeness (QED) is 0.858. The van der Waals surface area contributed by atoms with Crippen LogP contribution in [0.2, 0.25) is 0 Å². The highest BCUT2D eigenvalue weighted by molar-refractivity contribution is 6.05. The number of carboxylic acid groups (broad SMARTS) is 1. The molecule has 1 fully saturated rings. The molecule has 1 heterocycles. The van der Waals surface area contributed by atoms with Gasteiger partial charge in [0.1, 0.15) is 11.8 Å². The number of carbonyl (C=O) groups excluding carboxylic acids is 1. The molecule has 2 amide bonds. The van der Waals surface area contributed by atoms with E-state index in [0.29, 0.717) is 12.3 Å². The summed E-state index contributed by atoms with van der Waals surface area (Å²) >= 11 is 0. The van der Waals surface area contributed by atoms with Gasteiger partial charge in [0, 0.05) is 12.2 Å². The molecule has 3 rings (SSSR count). The van der Waals surface area contributed by atoms with Gasteiger partial charge in [-0.25, -0.2) is 4.79 Å². The Morgan fingerprint density at radius 1 is 1.21 bits per heavy atom. The Labute approximate surface area is 139 Å². The van der Waals surface area contributed by atoms with Crippen LogP contribution in [-0.2, 0) is 11.3 Å². The van der Waals surface area contributed by atoms with Crippen LogP contribution in [0.15, 0.2) is 54.6 Å². The normalized spacial score (nSPS) is 16.5. The number of hydrogen-bond acceptors (Lipinski definition) is 3. The summed E-state index contributed by atoms with van der Waals surface area (Å²) in [6.07, 6.45) is -1.09. The van der Waals surface area contributed by atoms with Crippen molar-refractivity contribution in [3.05, 3.63) is 60.2 Å². The highest BCUT2D eigenvalue weighted by Crippen LogP contribution is 2.27. The Bertz CT molecular complexity index is 730. The summed E-state index contributed by atoms with van der Waals surface area (Å²) in [6, 6.07) is 15.7.